The normalized spacial score (nSPS) is 17.8. The first-order chi connectivity index (χ1) is 12.1. The quantitative estimate of drug-likeness (QED) is 0.857. The third-order valence-corrected chi connectivity index (χ3v) is 5.30. The lowest BCUT2D eigenvalue weighted by molar-refractivity contribution is 0.0724. The molecule has 0 N–H and O–H groups in total. The van der Waals surface area contributed by atoms with Gasteiger partial charge in [0.25, 0.3) is 5.91 Å². The molecule has 2 aliphatic heterocycles. The molecular formula is C19H25N5O. The van der Waals surface area contributed by atoms with E-state index in [1.165, 1.54) is 42.9 Å². The van der Waals surface area contributed by atoms with Crippen LogP contribution < -0.4 is 0 Å². The highest BCUT2D eigenvalue weighted by molar-refractivity contribution is 5.92. The van der Waals surface area contributed by atoms with Crippen LogP contribution >= 0.6 is 0 Å². The molecule has 1 saturated heterocycles. The van der Waals surface area contributed by atoms with Gasteiger partial charge in [-0.25, -0.2) is 4.98 Å². The molecule has 0 saturated carbocycles. The third-order valence-electron chi connectivity index (χ3n) is 5.30. The van der Waals surface area contributed by atoms with Gasteiger partial charge in [-0.1, -0.05) is 6.07 Å². The maximum Gasteiger partial charge on any atom is 0.272 e. The molecule has 0 bridgehead atoms. The zero-order valence-electron chi connectivity index (χ0n) is 15.0. The molecule has 6 nitrogen and oxygen atoms in total. The number of carbonyl (C=O) groups is 1. The second kappa shape index (κ2) is 6.59. The summed E-state index contributed by atoms with van der Waals surface area (Å²) in [6.07, 6.45) is 3.46. The Morgan fingerprint density at radius 1 is 1.20 bits per heavy atom. The first-order valence-electron chi connectivity index (χ1n) is 9.11. The van der Waals surface area contributed by atoms with E-state index in [9.17, 15) is 4.79 Å². The van der Waals surface area contributed by atoms with Gasteiger partial charge in [0, 0.05) is 31.4 Å². The average molecular weight is 339 g/mol. The zero-order chi connectivity index (χ0) is 17.4. The predicted octanol–water partition coefficient (Wildman–Crippen LogP) is 1.92. The Kier molecular flexibility index (Phi) is 4.29. The third kappa shape index (κ3) is 3.18. The Morgan fingerprint density at radius 3 is 2.76 bits per heavy atom. The largest absolute Gasteiger partial charge is 0.331 e. The van der Waals surface area contributed by atoms with Crippen LogP contribution in [0.5, 0.6) is 0 Å². The molecule has 2 aromatic rings. The van der Waals surface area contributed by atoms with Crippen molar-refractivity contribution in [3.63, 3.8) is 0 Å². The van der Waals surface area contributed by atoms with E-state index in [0.29, 0.717) is 12.2 Å². The summed E-state index contributed by atoms with van der Waals surface area (Å²) in [5, 5.41) is 4.76. The van der Waals surface area contributed by atoms with Crippen LogP contribution in [0, 0.1) is 6.92 Å². The Morgan fingerprint density at radius 2 is 2.00 bits per heavy atom. The molecule has 2 aliphatic rings. The number of rotatable bonds is 3. The summed E-state index contributed by atoms with van der Waals surface area (Å²) < 4.78 is 1.96. The van der Waals surface area contributed by atoms with Gasteiger partial charge in [0.1, 0.15) is 5.69 Å². The number of aryl methyl sites for hydroxylation is 2. The molecule has 0 radical (unpaired) electrons. The summed E-state index contributed by atoms with van der Waals surface area (Å²) in [5.74, 6) is 0.0108. The Hall–Kier alpha value is -2.21. The standard InChI is InChI=1S/C19H25N5O/c1-14-6-5-7-16(20-14)19(25)24-11-8-15-17(12-23-9-3-4-10-23)21-22(2)18(15)13-24/h5-7H,3-4,8-13H2,1-2H3. The lowest BCUT2D eigenvalue weighted by Crippen LogP contribution is -2.37. The number of pyridine rings is 1. The van der Waals surface area contributed by atoms with E-state index in [2.05, 4.69) is 9.88 Å². The lowest BCUT2D eigenvalue weighted by atomic mass is 10.0. The van der Waals surface area contributed by atoms with E-state index >= 15 is 0 Å². The van der Waals surface area contributed by atoms with Crippen molar-refractivity contribution in [3.05, 3.63) is 46.5 Å². The minimum Gasteiger partial charge on any atom is -0.331 e. The first-order valence-corrected chi connectivity index (χ1v) is 9.11. The molecular weight excluding hydrogens is 314 g/mol. The Labute approximate surface area is 148 Å². The number of likely N-dealkylation sites (tertiary alicyclic amines) is 1. The van der Waals surface area contributed by atoms with Crippen molar-refractivity contribution in [1.82, 2.24) is 24.6 Å². The van der Waals surface area contributed by atoms with Gasteiger partial charge in [0.15, 0.2) is 0 Å². The van der Waals surface area contributed by atoms with Crippen molar-refractivity contribution >= 4 is 5.91 Å². The van der Waals surface area contributed by atoms with Crippen LogP contribution in [0.15, 0.2) is 18.2 Å². The van der Waals surface area contributed by atoms with Crippen molar-refractivity contribution in [2.75, 3.05) is 19.6 Å². The molecule has 4 heterocycles. The van der Waals surface area contributed by atoms with E-state index in [1.807, 2.05) is 35.7 Å². The highest BCUT2D eigenvalue weighted by Gasteiger charge is 2.28. The van der Waals surface area contributed by atoms with Gasteiger partial charge in [0.2, 0.25) is 0 Å². The van der Waals surface area contributed by atoms with Crippen molar-refractivity contribution < 1.29 is 4.79 Å². The molecule has 25 heavy (non-hydrogen) atoms. The summed E-state index contributed by atoms with van der Waals surface area (Å²) >= 11 is 0. The average Bonchev–Trinajstić information content (AvgIpc) is 3.23. The number of amides is 1. The molecule has 0 atom stereocenters. The molecule has 0 aliphatic carbocycles. The second-order valence-electron chi connectivity index (χ2n) is 7.12. The summed E-state index contributed by atoms with van der Waals surface area (Å²) in [4.78, 5) is 21.5. The van der Waals surface area contributed by atoms with Gasteiger partial charge >= 0.3 is 0 Å². The SMILES string of the molecule is Cc1cccc(C(=O)N2CCc3c(CN4CCCC4)nn(C)c3C2)n1. The number of hydrogen-bond donors (Lipinski definition) is 0. The number of aromatic nitrogens is 3. The van der Waals surface area contributed by atoms with Crippen LogP contribution in [0.2, 0.25) is 0 Å². The van der Waals surface area contributed by atoms with Crippen molar-refractivity contribution in [2.45, 2.75) is 39.3 Å². The zero-order valence-corrected chi connectivity index (χ0v) is 15.0. The number of nitrogens with zero attached hydrogens (tertiary/aromatic N) is 5. The fourth-order valence-corrected chi connectivity index (χ4v) is 3.93. The molecule has 1 amide bonds. The molecule has 1 fully saturated rings. The summed E-state index contributed by atoms with van der Waals surface area (Å²) in [6.45, 7) is 6.56. The summed E-state index contributed by atoms with van der Waals surface area (Å²) in [5.41, 5.74) is 5.11. The van der Waals surface area contributed by atoms with E-state index in [-0.39, 0.29) is 5.91 Å². The van der Waals surface area contributed by atoms with Crippen LogP contribution in [0.3, 0.4) is 0 Å². The number of fused-ring (bicyclic) bond motifs is 1. The van der Waals surface area contributed by atoms with Gasteiger partial charge < -0.3 is 4.90 Å². The van der Waals surface area contributed by atoms with Crippen LogP contribution in [0.25, 0.3) is 0 Å². The fraction of sp³-hybridized carbons (Fsp3) is 0.526. The van der Waals surface area contributed by atoms with Gasteiger partial charge in [0.05, 0.1) is 17.9 Å². The van der Waals surface area contributed by atoms with Gasteiger partial charge in [-0.3, -0.25) is 14.4 Å². The van der Waals surface area contributed by atoms with E-state index in [0.717, 1.165) is 25.2 Å². The predicted molar refractivity (Wildman–Crippen MR) is 95.1 cm³/mol. The van der Waals surface area contributed by atoms with E-state index < -0.39 is 0 Å². The molecule has 132 valence electrons. The molecule has 0 aromatic carbocycles. The van der Waals surface area contributed by atoms with Crippen LogP contribution in [0.4, 0.5) is 0 Å². The molecule has 6 heteroatoms. The van der Waals surface area contributed by atoms with Gasteiger partial charge in [-0.15, -0.1) is 0 Å². The van der Waals surface area contributed by atoms with Crippen LogP contribution in [-0.4, -0.2) is 50.1 Å². The minimum atomic E-state index is 0.0108. The van der Waals surface area contributed by atoms with Crippen molar-refractivity contribution in [2.24, 2.45) is 7.05 Å². The van der Waals surface area contributed by atoms with Gasteiger partial charge in [-0.05, 0) is 51.4 Å². The lowest BCUT2D eigenvalue weighted by Gasteiger charge is -2.27. The highest BCUT2D eigenvalue weighted by Crippen LogP contribution is 2.25. The minimum absolute atomic E-state index is 0.0108. The van der Waals surface area contributed by atoms with Crippen molar-refractivity contribution in [1.29, 1.82) is 0 Å². The van der Waals surface area contributed by atoms with Gasteiger partial charge in [-0.2, -0.15) is 5.10 Å². The first kappa shape index (κ1) is 16.3. The molecule has 0 unspecified atom stereocenters. The smallest absolute Gasteiger partial charge is 0.272 e. The highest BCUT2D eigenvalue weighted by atomic mass is 16.2. The molecule has 0 spiro atoms. The van der Waals surface area contributed by atoms with Crippen LogP contribution in [-0.2, 0) is 26.6 Å². The number of carbonyl (C=O) groups excluding carboxylic acids is 1. The van der Waals surface area contributed by atoms with E-state index in [4.69, 9.17) is 5.10 Å². The maximum absolute atomic E-state index is 12.8. The number of hydrogen-bond acceptors (Lipinski definition) is 4. The van der Waals surface area contributed by atoms with Crippen molar-refractivity contribution in [3.8, 4) is 0 Å². The summed E-state index contributed by atoms with van der Waals surface area (Å²) in [6, 6.07) is 5.60. The summed E-state index contributed by atoms with van der Waals surface area (Å²) in [7, 11) is 1.99. The Bertz CT molecular complexity index is 791. The van der Waals surface area contributed by atoms with Crippen LogP contribution in [0.1, 0.15) is 46.0 Å². The maximum atomic E-state index is 12.8. The second-order valence-corrected chi connectivity index (χ2v) is 7.12. The topological polar surface area (TPSA) is 54.3 Å². The fourth-order valence-electron chi connectivity index (χ4n) is 3.93. The monoisotopic (exact) mass is 339 g/mol. The molecule has 4 rings (SSSR count). The molecule has 2 aromatic heterocycles. The van der Waals surface area contributed by atoms with E-state index in [1.54, 1.807) is 6.07 Å². The Balaban J connectivity index is 1.53.